The number of hydrogen-bond acceptors (Lipinski definition) is 4. The summed E-state index contributed by atoms with van der Waals surface area (Å²) >= 11 is 0. The van der Waals surface area contributed by atoms with Gasteiger partial charge < -0.3 is 10.3 Å². The van der Waals surface area contributed by atoms with E-state index in [9.17, 15) is 14.4 Å². The van der Waals surface area contributed by atoms with Crippen molar-refractivity contribution in [1.82, 2.24) is 14.3 Å². The lowest BCUT2D eigenvalue weighted by Gasteiger charge is -2.22. The smallest absolute Gasteiger partial charge is 0.295 e. The Morgan fingerprint density at radius 3 is 2.29 bits per heavy atom. The Kier molecular flexibility index (Phi) is 4.22. The molecule has 6 rings (SSSR count). The van der Waals surface area contributed by atoms with E-state index in [1.54, 1.807) is 27.6 Å². The highest BCUT2D eigenvalue weighted by atomic mass is 16.1. The second-order valence-corrected chi connectivity index (χ2v) is 8.39. The van der Waals surface area contributed by atoms with Gasteiger partial charge in [-0.1, -0.05) is 42.5 Å². The fraction of sp³-hybridized carbons (Fsp3) is 0.0741. The predicted molar refractivity (Wildman–Crippen MR) is 132 cm³/mol. The van der Waals surface area contributed by atoms with Gasteiger partial charge >= 0.3 is 0 Å². The fourth-order valence-corrected chi connectivity index (χ4v) is 4.81. The predicted octanol–water partition coefficient (Wildman–Crippen LogP) is 4.28. The highest BCUT2D eigenvalue weighted by Gasteiger charge is 2.29. The Bertz CT molecular complexity index is 1760. The summed E-state index contributed by atoms with van der Waals surface area (Å²) in [5.74, 6) is -0.153. The quantitative estimate of drug-likeness (QED) is 0.423. The van der Waals surface area contributed by atoms with E-state index < -0.39 is 0 Å². The number of pyridine rings is 1. The molecule has 3 aromatic carbocycles. The van der Waals surface area contributed by atoms with E-state index >= 15 is 0 Å². The van der Waals surface area contributed by atoms with Crippen LogP contribution in [0.25, 0.3) is 27.7 Å². The molecule has 0 unspecified atom stereocenters. The van der Waals surface area contributed by atoms with Gasteiger partial charge in [0.1, 0.15) is 5.69 Å². The molecule has 1 aliphatic carbocycles. The van der Waals surface area contributed by atoms with Gasteiger partial charge in [0.05, 0.1) is 22.6 Å². The van der Waals surface area contributed by atoms with Crippen LogP contribution in [0.3, 0.4) is 0 Å². The van der Waals surface area contributed by atoms with Gasteiger partial charge in [0.2, 0.25) is 5.56 Å². The highest BCUT2D eigenvalue weighted by molar-refractivity contribution is 6.28. The number of benzene rings is 3. The number of aromatic amines is 1. The minimum absolute atomic E-state index is 0.153. The summed E-state index contributed by atoms with van der Waals surface area (Å²) in [6, 6.07) is 21.7. The van der Waals surface area contributed by atoms with Crippen LogP contribution in [0.2, 0.25) is 0 Å². The van der Waals surface area contributed by atoms with E-state index in [0.717, 1.165) is 16.9 Å². The largest absolute Gasteiger partial charge is 0.349 e. The zero-order valence-corrected chi connectivity index (χ0v) is 18.5. The molecule has 166 valence electrons. The molecule has 0 amide bonds. The van der Waals surface area contributed by atoms with Crippen LogP contribution in [-0.4, -0.2) is 20.1 Å². The van der Waals surface area contributed by atoms with Crippen LogP contribution in [0, 0.1) is 6.92 Å². The van der Waals surface area contributed by atoms with Crippen molar-refractivity contribution in [3.63, 3.8) is 0 Å². The number of hydrogen-bond donors (Lipinski definition) is 2. The third kappa shape index (κ3) is 2.73. The summed E-state index contributed by atoms with van der Waals surface area (Å²) in [4.78, 5) is 42.2. The summed E-state index contributed by atoms with van der Waals surface area (Å²) < 4.78 is 3.37. The Morgan fingerprint density at radius 1 is 0.824 bits per heavy atom. The van der Waals surface area contributed by atoms with Crippen molar-refractivity contribution in [2.24, 2.45) is 7.05 Å². The van der Waals surface area contributed by atoms with Gasteiger partial charge in [0.25, 0.3) is 5.56 Å². The van der Waals surface area contributed by atoms with E-state index in [-0.39, 0.29) is 16.9 Å². The first-order valence-corrected chi connectivity index (χ1v) is 10.9. The number of para-hydroxylation sites is 1. The summed E-state index contributed by atoms with van der Waals surface area (Å²) in [7, 11) is 1.82. The van der Waals surface area contributed by atoms with E-state index in [0.29, 0.717) is 39.0 Å². The van der Waals surface area contributed by atoms with Crippen molar-refractivity contribution >= 4 is 28.1 Å². The number of carbonyl (C=O) groups is 1. The lowest BCUT2D eigenvalue weighted by atomic mass is 9.83. The van der Waals surface area contributed by atoms with Crippen LogP contribution in [0.1, 0.15) is 21.6 Å². The van der Waals surface area contributed by atoms with Gasteiger partial charge in [-0.2, -0.15) is 0 Å². The van der Waals surface area contributed by atoms with Crippen LogP contribution in [0.4, 0.5) is 11.4 Å². The maximum absolute atomic E-state index is 13.6. The summed E-state index contributed by atoms with van der Waals surface area (Å²) in [6.07, 6.45) is 0. The molecule has 7 heteroatoms. The number of nitrogens with one attached hydrogen (secondary N) is 2. The van der Waals surface area contributed by atoms with Crippen molar-refractivity contribution in [2.45, 2.75) is 6.92 Å². The van der Waals surface area contributed by atoms with Crippen molar-refractivity contribution in [2.75, 3.05) is 5.32 Å². The van der Waals surface area contributed by atoms with Crippen LogP contribution in [0.15, 0.2) is 82.4 Å². The number of aromatic nitrogens is 3. The maximum atomic E-state index is 13.6. The molecule has 0 saturated heterocycles. The second kappa shape index (κ2) is 7.18. The number of rotatable bonds is 3. The van der Waals surface area contributed by atoms with E-state index in [2.05, 4.69) is 10.3 Å². The highest BCUT2D eigenvalue weighted by Crippen LogP contribution is 2.41. The summed E-state index contributed by atoms with van der Waals surface area (Å²) in [5.41, 5.74) is 4.92. The number of ketones is 1. The topological polar surface area (TPSA) is 88.9 Å². The molecule has 2 N–H and O–H groups in total. The molecular formula is C27H20N4O3. The molecule has 5 aromatic rings. The van der Waals surface area contributed by atoms with Crippen LogP contribution < -0.4 is 16.4 Å². The first-order valence-electron chi connectivity index (χ1n) is 10.9. The molecule has 2 aromatic heterocycles. The second-order valence-electron chi connectivity index (χ2n) is 8.39. The van der Waals surface area contributed by atoms with Gasteiger partial charge in [0, 0.05) is 29.6 Å². The number of nitrogens with zero attached hydrogens (tertiary/aromatic N) is 2. The van der Waals surface area contributed by atoms with Gasteiger partial charge in [-0.05, 0) is 42.3 Å². The molecular weight excluding hydrogens is 428 g/mol. The first kappa shape index (κ1) is 20.0. The average molecular weight is 448 g/mol. The molecule has 7 nitrogen and oxygen atoms in total. The Balaban J connectivity index is 1.59. The lowest BCUT2D eigenvalue weighted by molar-refractivity contribution is 0.104. The fourth-order valence-electron chi connectivity index (χ4n) is 4.81. The molecule has 0 spiro atoms. The van der Waals surface area contributed by atoms with Gasteiger partial charge in [-0.15, -0.1) is 0 Å². The van der Waals surface area contributed by atoms with Gasteiger partial charge in [0.15, 0.2) is 5.78 Å². The van der Waals surface area contributed by atoms with Crippen molar-refractivity contribution in [3.8, 4) is 16.8 Å². The van der Waals surface area contributed by atoms with Crippen molar-refractivity contribution in [1.29, 1.82) is 0 Å². The van der Waals surface area contributed by atoms with Crippen molar-refractivity contribution in [3.05, 3.63) is 110 Å². The summed E-state index contributed by atoms with van der Waals surface area (Å²) in [6.45, 7) is 1.86. The number of H-pyrrole nitrogens is 1. The Labute approximate surface area is 193 Å². The van der Waals surface area contributed by atoms with E-state index in [4.69, 9.17) is 0 Å². The van der Waals surface area contributed by atoms with Crippen LogP contribution in [-0.2, 0) is 7.05 Å². The minimum Gasteiger partial charge on any atom is -0.349 e. The number of anilines is 2. The van der Waals surface area contributed by atoms with Gasteiger partial charge in [-0.25, -0.2) is 4.68 Å². The lowest BCUT2D eigenvalue weighted by Crippen LogP contribution is -2.21. The number of carbonyl (C=O) groups excluding carboxylic acids is 1. The number of fused-ring (bicyclic) bond motifs is 2. The zero-order valence-electron chi connectivity index (χ0n) is 18.5. The standard InChI is InChI=1S/C27H20N4O3/c1-15-25(27(34)31(30(15)2)16-8-4-3-5-9-16)29-21-13-12-20-23-19(14-22(32)28-20)17-10-6-7-11-18(17)26(33)24(21)23/h3-14,29H,1-2H3,(H,28,32). The molecule has 0 radical (unpaired) electrons. The van der Waals surface area contributed by atoms with E-state index in [1.165, 1.54) is 6.07 Å². The molecule has 34 heavy (non-hydrogen) atoms. The molecule has 0 fully saturated rings. The summed E-state index contributed by atoms with van der Waals surface area (Å²) in [5, 5.41) is 3.92. The SMILES string of the molecule is Cc1c(Nc2ccc3[nH]c(=O)cc4c3c2C(=O)c2ccccc2-4)c(=O)n(-c2ccccc2)n1C. The maximum Gasteiger partial charge on any atom is 0.295 e. The Morgan fingerprint density at radius 2 is 1.53 bits per heavy atom. The van der Waals surface area contributed by atoms with E-state index in [1.807, 2.05) is 62.5 Å². The average Bonchev–Trinajstić information content (AvgIpc) is 3.06. The molecule has 2 heterocycles. The molecule has 0 bridgehead atoms. The van der Waals surface area contributed by atoms with Crippen LogP contribution in [0.5, 0.6) is 0 Å². The first-order chi connectivity index (χ1) is 16.5. The Hall–Kier alpha value is -4.65. The molecule has 0 saturated carbocycles. The third-order valence-corrected chi connectivity index (χ3v) is 6.51. The molecule has 1 aliphatic rings. The van der Waals surface area contributed by atoms with Crippen molar-refractivity contribution < 1.29 is 4.79 Å². The van der Waals surface area contributed by atoms with Gasteiger partial charge in [-0.3, -0.25) is 19.1 Å². The minimum atomic E-state index is -0.233. The zero-order chi connectivity index (χ0) is 23.6. The third-order valence-electron chi connectivity index (χ3n) is 6.51. The molecule has 0 atom stereocenters. The van der Waals surface area contributed by atoms with Crippen LogP contribution >= 0.6 is 0 Å². The normalized spacial score (nSPS) is 12.1. The molecule has 0 aliphatic heterocycles. The monoisotopic (exact) mass is 448 g/mol.